The zero-order valence-electron chi connectivity index (χ0n) is 16.1. The molecule has 0 unspecified atom stereocenters. The molecule has 1 heteroatoms. The molecule has 134 valence electrons. The summed E-state index contributed by atoms with van der Waals surface area (Å²) in [5, 5.41) is 1.70. The van der Waals surface area contributed by atoms with E-state index in [-0.39, 0.29) is 0 Å². The molecule has 1 aromatic rings. The molecule has 0 heterocycles. The Morgan fingerprint density at radius 1 is 0.609 bits per heavy atom. The molecule has 0 bridgehead atoms. The van der Waals surface area contributed by atoms with E-state index in [0.29, 0.717) is 0 Å². The van der Waals surface area contributed by atoms with E-state index in [1.165, 1.54) is 82.7 Å². The van der Waals surface area contributed by atoms with Crippen molar-refractivity contribution in [3.8, 4) is 0 Å². The molecule has 0 saturated heterocycles. The monoisotopic (exact) mass is 336 g/mol. The minimum absolute atomic E-state index is 1.21. The van der Waals surface area contributed by atoms with E-state index in [9.17, 15) is 0 Å². The molecule has 0 aliphatic carbocycles. The predicted molar refractivity (Wildman–Crippen MR) is 112 cm³/mol. The first-order valence-corrected chi connectivity index (χ1v) is 13.0. The Balaban J connectivity index is 2.19. The van der Waals surface area contributed by atoms with E-state index < -0.39 is 7.26 Å². The van der Waals surface area contributed by atoms with Crippen molar-refractivity contribution in [2.75, 3.05) is 18.5 Å². The van der Waals surface area contributed by atoms with Gasteiger partial charge in [-0.15, -0.1) is 0 Å². The van der Waals surface area contributed by atoms with Crippen molar-refractivity contribution in [1.29, 1.82) is 0 Å². The first-order valence-electron chi connectivity index (χ1n) is 10.3. The van der Waals surface area contributed by atoms with Crippen molar-refractivity contribution in [2.45, 2.75) is 85.0 Å². The molecular formula is C22H41P. The molecule has 0 aromatic heterocycles. The number of hydrogen-bond acceptors (Lipinski definition) is 0. The van der Waals surface area contributed by atoms with Gasteiger partial charge in [0.05, 0.1) is 0 Å². The summed E-state index contributed by atoms with van der Waals surface area (Å²) in [6.45, 7) is 7.16. The van der Waals surface area contributed by atoms with Crippen molar-refractivity contribution in [1.82, 2.24) is 0 Å². The van der Waals surface area contributed by atoms with Crippen LogP contribution >= 0.6 is 7.26 Å². The second-order valence-electron chi connectivity index (χ2n) is 7.29. The number of benzene rings is 1. The molecule has 1 aromatic carbocycles. The minimum atomic E-state index is -1.21. The molecule has 0 aliphatic heterocycles. The van der Waals surface area contributed by atoms with E-state index in [1.807, 2.05) is 0 Å². The maximum atomic E-state index is 2.43. The van der Waals surface area contributed by atoms with E-state index >= 15 is 0 Å². The Labute approximate surface area is 146 Å². The van der Waals surface area contributed by atoms with Gasteiger partial charge in [-0.3, -0.25) is 0 Å². The number of rotatable bonds is 14. The zero-order valence-corrected chi connectivity index (χ0v) is 17.1. The molecule has 0 atom stereocenters. The quantitative estimate of drug-likeness (QED) is 0.253. The van der Waals surface area contributed by atoms with Gasteiger partial charge in [0.25, 0.3) is 0 Å². The second-order valence-corrected chi connectivity index (χ2v) is 12.3. The Bertz CT molecular complexity index is 367. The summed E-state index contributed by atoms with van der Waals surface area (Å²) in [7, 11) is -1.21. The van der Waals surface area contributed by atoms with Crippen molar-refractivity contribution in [3.63, 3.8) is 0 Å². The molecule has 0 spiro atoms. The molecule has 0 nitrogen and oxygen atoms in total. The number of hydrogen-bond donors (Lipinski definition) is 0. The van der Waals surface area contributed by atoms with E-state index in [4.69, 9.17) is 0 Å². The summed E-state index contributed by atoms with van der Waals surface area (Å²) in [5.41, 5.74) is 0. The van der Waals surface area contributed by atoms with Gasteiger partial charge in [0.15, 0.2) is 0 Å². The van der Waals surface area contributed by atoms with Crippen LogP contribution in [0.2, 0.25) is 0 Å². The second kappa shape index (κ2) is 13.0. The Hall–Kier alpha value is -0.350. The van der Waals surface area contributed by atoms with Crippen molar-refractivity contribution >= 4 is 12.6 Å². The van der Waals surface area contributed by atoms with Crippen LogP contribution in [0.3, 0.4) is 0 Å². The van der Waals surface area contributed by atoms with Crippen LogP contribution in [-0.2, 0) is 0 Å². The summed E-state index contributed by atoms with van der Waals surface area (Å²) in [5.74, 6) is 0. The zero-order chi connectivity index (χ0) is 16.8. The van der Waals surface area contributed by atoms with E-state index in [1.54, 1.807) is 5.30 Å². The molecule has 0 fully saturated rings. The van der Waals surface area contributed by atoms with Crippen LogP contribution in [0.4, 0.5) is 0 Å². The molecule has 0 aliphatic rings. The molecule has 0 N–H and O–H groups in total. The van der Waals surface area contributed by atoms with Crippen LogP contribution in [0, 0.1) is 0 Å². The summed E-state index contributed by atoms with van der Waals surface area (Å²) in [4.78, 5) is 0. The summed E-state index contributed by atoms with van der Waals surface area (Å²) in [6, 6.07) is 11.4. The van der Waals surface area contributed by atoms with Gasteiger partial charge in [0, 0.05) is 0 Å². The van der Waals surface area contributed by atoms with E-state index in [0.717, 1.165) is 0 Å². The third kappa shape index (κ3) is 7.84. The molecule has 23 heavy (non-hydrogen) atoms. The Morgan fingerprint density at radius 3 is 1.57 bits per heavy atom. The van der Waals surface area contributed by atoms with Crippen molar-refractivity contribution in [2.24, 2.45) is 0 Å². The van der Waals surface area contributed by atoms with Crippen LogP contribution < -0.4 is 5.30 Å². The van der Waals surface area contributed by atoms with Gasteiger partial charge in [-0.1, -0.05) is 0 Å². The maximum absolute atomic E-state index is 2.43. The Morgan fingerprint density at radius 2 is 1.09 bits per heavy atom. The van der Waals surface area contributed by atoms with Crippen LogP contribution in [0.5, 0.6) is 0 Å². The van der Waals surface area contributed by atoms with Gasteiger partial charge in [-0.05, 0) is 0 Å². The fourth-order valence-electron chi connectivity index (χ4n) is 3.90. The van der Waals surface area contributed by atoms with Gasteiger partial charge < -0.3 is 0 Å². The fourth-order valence-corrected chi connectivity index (χ4v) is 8.04. The third-order valence-electron chi connectivity index (χ3n) is 5.75. The van der Waals surface area contributed by atoms with Gasteiger partial charge in [-0.2, -0.15) is 0 Å². The molecule has 0 amide bonds. The average Bonchev–Trinajstić information content (AvgIpc) is 2.61. The third-order valence-corrected chi connectivity index (χ3v) is 11.3. The van der Waals surface area contributed by atoms with Crippen LogP contribution in [-0.4, -0.2) is 18.5 Å². The van der Waals surface area contributed by atoms with Gasteiger partial charge in [0.2, 0.25) is 0 Å². The van der Waals surface area contributed by atoms with Crippen LogP contribution in [0.15, 0.2) is 30.3 Å². The first-order chi connectivity index (χ1) is 11.3. The van der Waals surface area contributed by atoms with Gasteiger partial charge >= 0.3 is 146 Å². The van der Waals surface area contributed by atoms with E-state index in [2.05, 4.69) is 51.1 Å². The predicted octanol–water partition coefficient (Wildman–Crippen LogP) is 7.02. The van der Waals surface area contributed by atoms with Crippen molar-refractivity contribution < 1.29 is 0 Å². The normalized spacial score (nSPS) is 12.5. The summed E-state index contributed by atoms with van der Waals surface area (Å²) >= 11 is 0. The van der Waals surface area contributed by atoms with Gasteiger partial charge in [-0.25, -0.2) is 0 Å². The molecule has 0 saturated carbocycles. The average molecular weight is 337 g/mol. The molecule has 1 rings (SSSR count). The first kappa shape index (κ1) is 20.7. The van der Waals surface area contributed by atoms with Crippen LogP contribution in [0.1, 0.15) is 85.0 Å². The standard InChI is InChI=1S/C22H41P/c1-4-7-8-9-10-11-12-13-14-18-21-23(5-2,6-3)22-19-16-15-17-20-22/h15-17,19-20,23H,4-14,18,21H2,1-3H3. The van der Waals surface area contributed by atoms with Crippen LogP contribution in [0.25, 0.3) is 0 Å². The molecule has 0 radical (unpaired) electrons. The topological polar surface area (TPSA) is 0 Å². The van der Waals surface area contributed by atoms with Crippen molar-refractivity contribution in [3.05, 3.63) is 30.3 Å². The summed E-state index contributed by atoms with van der Waals surface area (Å²) < 4.78 is 0. The number of unbranched alkanes of at least 4 members (excludes halogenated alkanes) is 9. The summed E-state index contributed by atoms with van der Waals surface area (Å²) in [6.07, 6.45) is 18.8. The fraction of sp³-hybridized carbons (Fsp3) is 0.727. The Kier molecular flexibility index (Phi) is 11.7. The SMILES string of the molecule is CCCCCCCCCCCC[PH](CC)(CC)c1ccccc1. The molecular weight excluding hydrogens is 295 g/mol. The van der Waals surface area contributed by atoms with Gasteiger partial charge in [0.1, 0.15) is 0 Å².